The smallest absolute Gasteiger partial charge is 0.239 e. The highest BCUT2D eigenvalue weighted by Crippen LogP contribution is 2.13. The van der Waals surface area contributed by atoms with Crippen LogP contribution in [0.3, 0.4) is 0 Å². The third-order valence-electron chi connectivity index (χ3n) is 3.19. The van der Waals surface area contributed by atoms with E-state index in [-0.39, 0.29) is 17.9 Å². The highest BCUT2D eigenvalue weighted by atomic mass is 32.2. The van der Waals surface area contributed by atoms with Gasteiger partial charge in [0.15, 0.2) is 0 Å². The molecule has 1 aliphatic heterocycles. The number of hydrogen-bond acceptors (Lipinski definition) is 4. The molecular weight excluding hydrogens is 254 g/mol. The number of piperidine rings is 1. The van der Waals surface area contributed by atoms with Crippen LogP contribution in [-0.4, -0.2) is 50.7 Å². The van der Waals surface area contributed by atoms with Gasteiger partial charge >= 0.3 is 0 Å². The Hall–Kier alpha value is -0.660. The van der Waals surface area contributed by atoms with Gasteiger partial charge in [-0.3, -0.25) is 4.79 Å². The quantitative estimate of drug-likeness (QED) is 0.725. The predicted molar refractivity (Wildman–Crippen MR) is 70.4 cm³/mol. The Balaban J connectivity index is 2.47. The number of carbonyl (C=O) groups excluding carboxylic acids is 1. The summed E-state index contributed by atoms with van der Waals surface area (Å²) in [6.45, 7) is 4.96. The molecule has 1 heterocycles. The van der Waals surface area contributed by atoms with Crippen LogP contribution in [0.5, 0.6) is 0 Å². The lowest BCUT2D eigenvalue weighted by Gasteiger charge is -2.34. The maximum atomic E-state index is 12.0. The largest absolute Gasteiger partial charge is 0.341 e. The zero-order chi connectivity index (χ0) is 13.9. The summed E-state index contributed by atoms with van der Waals surface area (Å²) in [4.78, 5) is 13.7. The Bertz CT molecular complexity index is 386. The summed E-state index contributed by atoms with van der Waals surface area (Å²) in [5, 5.41) is 0. The standard InChI is InChI=1S/C11H23N3O3S/c1-8(2)10(12)11(15)14-6-4-9(5-7-14)13-18(3,16)17/h8-10,13H,4-7,12H2,1-3H3/t10-/m1/s1. The molecule has 0 saturated carbocycles. The molecule has 3 N–H and O–H groups in total. The Morgan fingerprint density at radius 2 is 1.83 bits per heavy atom. The van der Waals surface area contributed by atoms with E-state index in [9.17, 15) is 13.2 Å². The van der Waals surface area contributed by atoms with Crippen molar-refractivity contribution in [3.8, 4) is 0 Å². The van der Waals surface area contributed by atoms with Crippen molar-refractivity contribution in [2.24, 2.45) is 11.7 Å². The number of sulfonamides is 1. The van der Waals surface area contributed by atoms with Crippen molar-refractivity contribution in [2.75, 3.05) is 19.3 Å². The second-order valence-corrected chi connectivity index (χ2v) is 7.04. The van der Waals surface area contributed by atoms with Gasteiger partial charge < -0.3 is 10.6 Å². The fraction of sp³-hybridized carbons (Fsp3) is 0.909. The molecule has 1 amide bonds. The third kappa shape index (κ3) is 4.55. The molecule has 1 atom stereocenters. The lowest BCUT2D eigenvalue weighted by molar-refractivity contribution is -0.134. The predicted octanol–water partition coefficient (Wildman–Crippen LogP) is -0.490. The van der Waals surface area contributed by atoms with E-state index < -0.39 is 16.1 Å². The van der Waals surface area contributed by atoms with Crippen molar-refractivity contribution in [1.82, 2.24) is 9.62 Å². The molecule has 7 heteroatoms. The van der Waals surface area contributed by atoms with Gasteiger partial charge in [0, 0.05) is 19.1 Å². The van der Waals surface area contributed by atoms with E-state index in [2.05, 4.69) is 4.72 Å². The SMILES string of the molecule is CC(C)[C@@H](N)C(=O)N1CCC(NS(C)(=O)=O)CC1. The number of amides is 1. The first kappa shape index (κ1) is 15.4. The van der Waals surface area contributed by atoms with Crippen molar-refractivity contribution in [1.29, 1.82) is 0 Å². The van der Waals surface area contributed by atoms with Crippen LogP contribution in [0.4, 0.5) is 0 Å². The van der Waals surface area contributed by atoms with Gasteiger partial charge in [-0.25, -0.2) is 13.1 Å². The molecule has 0 unspecified atom stereocenters. The zero-order valence-electron chi connectivity index (χ0n) is 11.2. The molecule has 0 radical (unpaired) electrons. The Labute approximate surface area is 109 Å². The van der Waals surface area contributed by atoms with Crippen LogP contribution in [0.25, 0.3) is 0 Å². The Morgan fingerprint density at radius 1 is 1.33 bits per heavy atom. The number of likely N-dealkylation sites (tertiary alicyclic amines) is 1. The number of rotatable bonds is 4. The second-order valence-electron chi connectivity index (χ2n) is 5.26. The molecule has 0 aliphatic carbocycles. The summed E-state index contributed by atoms with van der Waals surface area (Å²) in [5.74, 6) is 0.0761. The Kier molecular flexibility index (Phi) is 5.12. The molecule has 106 valence electrons. The van der Waals surface area contributed by atoms with E-state index in [0.717, 1.165) is 6.26 Å². The van der Waals surface area contributed by atoms with Crippen LogP contribution < -0.4 is 10.5 Å². The van der Waals surface area contributed by atoms with Gasteiger partial charge in [0.1, 0.15) is 0 Å². The summed E-state index contributed by atoms with van der Waals surface area (Å²) in [5.41, 5.74) is 5.82. The minimum atomic E-state index is -3.17. The van der Waals surface area contributed by atoms with E-state index in [1.54, 1.807) is 4.90 Å². The van der Waals surface area contributed by atoms with Gasteiger partial charge in [-0.05, 0) is 18.8 Å². The van der Waals surface area contributed by atoms with Gasteiger partial charge in [0.25, 0.3) is 0 Å². The second kappa shape index (κ2) is 5.99. The maximum absolute atomic E-state index is 12.0. The normalized spacial score (nSPS) is 20.2. The van der Waals surface area contributed by atoms with Crippen LogP contribution in [0.15, 0.2) is 0 Å². The fourth-order valence-corrected chi connectivity index (χ4v) is 2.86. The summed E-state index contributed by atoms with van der Waals surface area (Å²) >= 11 is 0. The summed E-state index contributed by atoms with van der Waals surface area (Å²) in [7, 11) is -3.17. The average Bonchev–Trinajstić information content (AvgIpc) is 2.26. The van der Waals surface area contributed by atoms with E-state index >= 15 is 0 Å². The Morgan fingerprint density at radius 3 is 2.22 bits per heavy atom. The number of nitrogens with zero attached hydrogens (tertiary/aromatic N) is 1. The van der Waals surface area contributed by atoms with E-state index in [4.69, 9.17) is 5.73 Å². The first-order valence-electron chi connectivity index (χ1n) is 6.22. The summed E-state index contributed by atoms with van der Waals surface area (Å²) < 4.78 is 24.8. The summed E-state index contributed by atoms with van der Waals surface area (Å²) in [6, 6.07) is -0.538. The molecule has 0 aromatic heterocycles. The third-order valence-corrected chi connectivity index (χ3v) is 3.95. The molecule has 1 rings (SSSR count). The fourth-order valence-electron chi connectivity index (χ4n) is 2.02. The average molecular weight is 277 g/mol. The molecule has 0 aromatic rings. The molecule has 0 spiro atoms. The van der Waals surface area contributed by atoms with E-state index in [1.807, 2.05) is 13.8 Å². The van der Waals surface area contributed by atoms with Crippen LogP contribution in [0.1, 0.15) is 26.7 Å². The maximum Gasteiger partial charge on any atom is 0.239 e. The van der Waals surface area contributed by atoms with Crippen LogP contribution in [0, 0.1) is 5.92 Å². The lowest BCUT2D eigenvalue weighted by atomic mass is 10.0. The monoisotopic (exact) mass is 277 g/mol. The van der Waals surface area contributed by atoms with Crippen LogP contribution in [-0.2, 0) is 14.8 Å². The molecule has 6 nitrogen and oxygen atoms in total. The molecular formula is C11H23N3O3S. The highest BCUT2D eigenvalue weighted by molar-refractivity contribution is 7.88. The van der Waals surface area contributed by atoms with Crippen molar-refractivity contribution in [3.05, 3.63) is 0 Å². The summed E-state index contributed by atoms with van der Waals surface area (Å²) in [6.07, 6.45) is 2.44. The highest BCUT2D eigenvalue weighted by Gasteiger charge is 2.28. The minimum absolute atomic E-state index is 0.0391. The van der Waals surface area contributed by atoms with Crippen LogP contribution in [0.2, 0.25) is 0 Å². The van der Waals surface area contributed by atoms with E-state index in [1.165, 1.54) is 0 Å². The molecule has 1 aliphatic rings. The number of carbonyl (C=O) groups is 1. The number of nitrogens with one attached hydrogen (secondary N) is 1. The first-order chi connectivity index (χ1) is 8.20. The molecule has 1 fully saturated rings. The van der Waals surface area contributed by atoms with E-state index in [0.29, 0.717) is 25.9 Å². The lowest BCUT2D eigenvalue weighted by Crippen LogP contribution is -2.52. The van der Waals surface area contributed by atoms with Crippen LogP contribution >= 0.6 is 0 Å². The van der Waals surface area contributed by atoms with Crippen molar-refractivity contribution >= 4 is 15.9 Å². The molecule has 0 aromatic carbocycles. The van der Waals surface area contributed by atoms with Gasteiger partial charge in [0.05, 0.1) is 12.3 Å². The number of hydrogen-bond donors (Lipinski definition) is 2. The van der Waals surface area contributed by atoms with Gasteiger partial charge in [-0.1, -0.05) is 13.8 Å². The van der Waals surface area contributed by atoms with Crippen molar-refractivity contribution in [2.45, 2.75) is 38.8 Å². The topological polar surface area (TPSA) is 92.5 Å². The zero-order valence-corrected chi connectivity index (χ0v) is 12.0. The molecule has 0 bridgehead atoms. The van der Waals surface area contributed by atoms with Gasteiger partial charge in [-0.15, -0.1) is 0 Å². The van der Waals surface area contributed by atoms with Gasteiger partial charge in [0.2, 0.25) is 15.9 Å². The first-order valence-corrected chi connectivity index (χ1v) is 8.11. The minimum Gasteiger partial charge on any atom is -0.341 e. The van der Waals surface area contributed by atoms with Gasteiger partial charge in [-0.2, -0.15) is 0 Å². The number of nitrogens with two attached hydrogens (primary N) is 1. The van der Waals surface area contributed by atoms with Crippen molar-refractivity contribution in [3.63, 3.8) is 0 Å². The van der Waals surface area contributed by atoms with Crippen molar-refractivity contribution < 1.29 is 13.2 Å². The molecule has 18 heavy (non-hydrogen) atoms. The molecule has 1 saturated heterocycles.